The fourth-order valence-corrected chi connectivity index (χ4v) is 2.88. The van der Waals surface area contributed by atoms with Gasteiger partial charge in [-0.1, -0.05) is 17.7 Å². The first-order valence-electron chi connectivity index (χ1n) is 7.08. The van der Waals surface area contributed by atoms with E-state index in [1.165, 1.54) is 4.73 Å². The number of aromatic nitrogens is 2. The quantitative estimate of drug-likeness (QED) is 0.445. The number of esters is 1. The summed E-state index contributed by atoms with van der Waals surface area (Å²) in [7, 11) is 2.02. The molecule has 1 aromatic carbocycles. The molecular formula is C15H12ClN3O4. The summed E-state index contributed by atoms with van der Waals surface area (Å²) in [5.41, 5.74) is 1.87. The molecule has 0 unspecified atom stereocenters. The molecule has 0 amide bonds. The molecule has 0 spiro atoms. The highest BCUT2D eigenvalue weighted by Crippen LogP contribution is 2.36. The van der Waals surface area contributed by atoms with Crippen molar-refractivity contribution < 1.29 is 19.2 Å². The van der Waals surface area contributed by atoms with Gasteiger partial charge in [-0.25, -0.2) is 14.6 Å². The Morgan fingerprint density at radius 3 is 2.83 bits per heavy atom. The monoisotopic (exact) mass is 333 g/mol. The number of carbonyl (C=O) groups excluding carboxylic acids is 2. The lowest BCUT2D eigenvalue weighted by Crippen LogP contribution is -2.33. The molecule has 7 nitrogen and oxygen atoms in total. The number of hydrogen-bond donors (Lipinski definition) is 0. The Kier molecular flexibility index (Phi) is 3.14. The van der Waals surface area contributed by atoms with Crippen LogP contribution in [-0.2, 0) is 9.59 Å². The van der Waals surface area contributed by atoms with Gasteiger partial charge in [0, 0.05) is 13.1 Å². The molecule has 0 radical (unpaired) electrons. The van der Waals surface area contributed by atoms with Gasteiger partial charge < -0.3 is 14.5 Å². The molecule has 0 aliphatic carbocycles. The Hall–Kier alpha value is -2.38. The van der Waals surface area contributed by atoms with Crippen molar-refractivity contribution >= 4 is 40.1 Å². The normalized spacial score (nSPS) is 18.4. The van der Waals surface area contributed by atoms with E-state index in [4.69, 9.17) is 21.2 Å². The minimum Gasteiger partial charge on any atom is -0.414 e. The van der Waals surface area contributed by atoms with Crippen LogP contribution in [0.2, 0.25) is 5.02 Å². The molecule has 118 valence electrons. The predicted molar refractivity (Wildman–Crippen MR) is 82.1 cm³/mol. The van der Waals surface area contributed by atoms with Crippen molar-refractivity contribution in [1.29, 1.82) is 0 Å². The number of likely N-dealkylation sites (N-methyl/N-ethyl adjacent to an activating group) is 1. The number of carbonyl (C=O) groups is 2. The Balaban J connectivity index is 1.97. The summed E-state index contributed by atoms with van der Waals surface area (Å²) >= 11 is 6.09. The van der Waals surface area contributed by atoms with Crippen molar-refractivity contribution in [3.05, 3.63) is 29.1 Å². The predicted octanol–water partition coefficient (Wildman–Crippen LogP) is 1.28. The van der Waals surface area contributed by atoms with Crippen LogP contribution in [0.5, 0.6) is 5.75 Å². The molecule has 1 aromatic heterocycles. The fourth-order valence-electron chi connectivity index (χ4n) is 2.69. The van der Waals surface area contributed by atoms with Crippen LogP contribution in [0.3, 0.4) is 0 Å². The van der Waals surface area contributed by atoms with Crippen LogP contribution < -0.4 is 9.57 Å². The fraction of sp³-hybridized carbons (Fsp3) is 0.267. The summed E-state index contributed by atoms with van der Waals surface area (Å²) in [5.74, 6) is -1.66. The van der Waals surface area contributed by atoms with Crippen LogP contribution in [0.15, 0.2) is 18.2 Å². The highest BCUT2D eigenvalue weighted by molar-refractivity contribution is 6.35. The highest BCUT2D eigenvalue weighted by atomic mass is 35.5. The van der Waals surface area contributed by atoms with Crippen molar-refractivity contribution in [1.82, 2.24) is 14.6 Å². The highest BCUT2D eigenvalue weighted by Gasteiger charge is 2.31. The van der Waals surface area contributed by atoms with Crippen molar-refractivity contribution in [2.24, 2.45) is 0 Å². The summed E-state index contributed by atoms with van der Waals surface area (Å²) in [5, 5.41) is 0.217. The molecular weight excluding hydrogens is 322 g/mol. The van der Waals surface area contributed by atoms with Gasteiger partial charge in [-0.2, -0.15) is 4.73 Å². The lowest BCUT2D eigenvalue weighted by Gasteiger charge is -2.21. The maximum absolute atomic E-state index is 11.8. The number of nitrogens with zero attached hydrogens (tertiary/aromatic N) is 3. The van der Waals surface area contributed by atoms with Gasteiger partial charge >= 0.3 is 11.9 Å². The van der Waals surface area contributed by atoms with E-state index in [1.54, 1.807) is 12.1 Å². The maximum atomic E-state index is 11.8. The average Bonchev–Trinajstić information content (AvgIpc) is 2.90. The largest absolute Gasteiger partial charge is 0.442 e. The molecule has 2 aliphatic rings. The Morgan fingerprint density at radius 1 is 1.26 bits per heavy atom. The summed E-state index contributed by atoms with van der Waals surface area (Å²) in [6.45, 7) is 1.64. The van der Waals surface area contributed by atoms with Gasteiger partial charge in [0.1, 0.15) is 11.0 Å². The third kappa shape index (κ3) is 2.20. The standard InChI is InChI=1S/C15H12ClN3O4/c1-18-6-4-8(5-7-18)13-17-11-10-3-2-9(16)12(11)22-14(20)15(21)23-19(10)13/h2-4H,5-7H2,1H3. The Labute approximate surface area is 136 Å². The van der Waals surface area contributed by atoms with Crippen LogP contribution in [0, 0.1) is 0 Å². The Morgan fingerprint density at radius 2 is 2.09 bits per heavy atom. The van der Waals surface area contributed by atoms with E-state index in [0.717, 1.165) is 25.1 Å². The van der Waals surface area contributed by atoms with E-state index in [2.05, 4.69) is 9.88 Å². The van der Waals surface area contributed by atoms with Gasteiger partial charge in [0.15, 0.2) is 11.6 Å². The second-order valence-electron chi connectivity index (χ2n) is 5.48. The summed E-state index contributed by atoms with van der Waals surface area (Å²) in [4.78, 5) is 35.4. The van der Waals surface area contributed by atoms with Crippen LogP contribution in [0.4, 0.5) is 0 Å². The third-order valence-corrected chi connectivity index (χ3v) is 4.22. The minimum absolute atomic E-state index is 0.0827. The molecule has 2 aliphatic heterocycles. The van der Waals surface area contributed by atoms with E-state index in [-0.39, 0.29) is 10.8 Å². The molecule has 3 heterocycles. The summed E-state index contributed by atoms with van der Waals surface area (Å²) in [6.07, 6.45) is 2.78. The van der Waals surface area contributed by atoms with Gasteiger partial charge in [0.2, 0.25) is 0 Å². The van der Waals surface area contributed by atoms with Crippen molar-refractivity contribution in [3.63, 3.8) is 0 Å². The van der Waals surface area contributed by atoms with Gasteiger partial charge in [-0.3, -0.25) is 0 Å². The molecule has 0 N–H and O–H groups in total. The molecule has 23 heavy (non-hydrogen) atoms. The van der Waals surface area contributed by atoms with Crippen molar-refractivity contribution in [2.75, 3.05) is 20.1 Å². The van der Waals surface area contributed by atoms with Crippen LogP contribution >= 0.6 is 11.6 Å². The van der Waals surface area contributed by atoms with Crippen molar-refractivity contribution in [3.8, 4) is 5.75 Å². The van der Waals surface area contributed by atoms with Gasteiger partial charge in [-0.05, 0) is 31.2 Å². The zero-order valence-corrected chi connectivity index (χ0v) is 13.0. The zero-order chi connectivity index (χ0) is 16.1. The van der Waals surface area contributed by atoms with Gasteiger partial charge in [0.05, 0.1) is 5.02 Å². The first-order chi connectivity index (χ1) is 11.0. The number of ether oxygens (including phenoxy) is 1. The third-order valence-electron chi connectivity index (χ3n) is 3.93. The van der Waals surface area contributed by atoms with Gasteiger partial charge in [0.25, 0.3) is 0 Å². The molecule has 0 saturated carbocycles. The minimum atomic E-state index is -1.12. The topological polar surface area (TPSA) is 73.7 Å². The molecule has 4 bridgehead atoms. The number of hydrogen-bond acceptors (Lipinski definition) is 6. The van der Waals surface area contributed by atoms with E-state index in [0.29, 0.717) is 16.9 Å². The molecule has 2 aromatic rings. The second kappa shape index (κ2) is 5.07. The molecule has 0 atom stereocenters. The van der Waals surface area contributed by atoms with E-state index < -0.39 is 11.9 Å². The van der Waals surface area contributed by atoms with Crippen LogP contribution in [-0.4, -0.2) is 46.7 Å². The summed E-state index contributed by atoms with van der Waals surface area (Å²) < 4.78 is 6.32. The van der Waals surface area contributed by atoms with Crippen LogP contribution in [0.25, 0.3) is 16.6 Å². The van der Waals surface area contributed by atoms with Crippen molar-refractivity contribution in [2.45, 2.75) is 6.42 Å². The smallest absolute Gasteiger partial charge is 0.414 e. The number of imidazole rings is 1. The van der Waals surface area contributed by atoms with E-state index >= 15 is 0 Å². The first kappa shape index (κ1) is 14.2. The molecule has 4 rings (SSSR count). The molecule has 8 heteroatoms. The maximum Gasteiger partial charge on any atom is 0.442 e. The average molecular weight is 334 g/mol. The lowest BCUT2D eigenvalue weighted by atomic mass is 10.1. The summed E-state index contributed by atoms with van der Waals surface area (Å²) in [6, 6.07) is 3.26. The SMILES string of the molecule is CN1CC=C(c2nc3c4c(Cl)ccc3n2OC(=O)C(=O)O4)CC1. The lowest BCUT2D eigenvalue weighted by molar-refractivity contribution is -0.162. The number of halogens is 1. The zero-order valence-electron chi connectivity index (χ0n) is 12.2. The van der Waals surface area contributed by atoms with E-state index in [1.807, 2.05) is 13.1 Å². The van der Waals surface area contributed by atoms with E-state index in [9.17, 15) is 9.59 Å². The van der Waals surface area contributed by atoms with Crippen LogP contribution in [0.1, 0.15) is 12.2 Å². The Bertz CT molecular complexity index is 886. The number of rotatable bonds is 1. The molecule has 0 fully saturated rings. The van der Waals surface area contributed by atoms with Gasteiger partial charge in [-0.15, -0.1) is 0 Å². The molecule has 0 saturated heterocycles. The second-order valence-corrected chi connectivity index (χ2v) is 5.89. The number of benzene rings is 1. The first-order valence-corrected chi connectivity index (χ1v) is 7.46.